The van der Waals surface area contributed by atoms with Crippen LogP contribution in [0.3, 0.4) is 0 Å². The molecule has 128 valence electrons. The van der Waals surface area contributed by atoms with Gasteiger partial charge in [0.2, 0.25) is 10.0 Å². The predicted molar refractivity (Wildman–Crippen MR) is 93.3 cm³/mol. The number of nitrogens with one attached hydrogen (secondary N) is 2. The topological polar surface area (TPSA) is 97.4 Å². The van der Waals surface area contributed by atoms with Gasteiger partial charge in [0.25, 0.3) is 5.91 Å². The summed E-state index contributed by atoms with van der Waals surface area (Å²) in [5, 5.41) is 2.97. The van der Waals surface area contributed by atoms with Crippen molar-refractivity contribution in [3.8, 4) is 5.75 Å². The molecule has 7 nitrogen and oxygen atoms in total. The molecule has 0 fully saturated rings. The van der Waals surface area contributed by atoms with Gasteiger partial charge in [-0.1, -0.05) is 11.6 Å². The number of pyridine rings is 1. The molecule has 9 heteroatoms. The molecule has 0 bridgehead atoms. The number of methoxy groups -OCH3 is 1. The number of hydrogen-bond donors (Lipinski definition) is 2. The summed E-state index contributed by atoms with van der Waals surface area (Å²) in [5.41, 5.74) is 1.09. The van der Waals surface area contributed by atoms with Crippen molar-refractivity contribution in [2.45, 2.75) is 6.92 Å². The van der Waals surface area contributed by atoms with E-state index in [1.807, 2.05) is 0 Å². The summed E-state index contributed by atoms with van der Waals surface area (Å²) >= 11 is 5.68. The van der Waals surface area contributed by atoms with Crippen LogP contribution >= 0.6 is 11.6 Å². The van der Waals surface area contributed by atoms with E-state index in [1.54, 1.807) is 12.1 Å². The first kappa shape index (κ1) is 18.0. The summed E-state index contributed by atoms with van der Waals surface area (Å²) in [6.45, 7) is 1.53. The molecule has 0 saturated heterocycles. The standard InChI is InChI=1S/C15H16ClN3O4S/c1-3-24(21,22)19-12-6-5-11(8-13(12)23-2)18-15(20)10-4-7-14(16)17-9-10/h4-9,19H,3H2,1-2H3,(H,18,20). The number of carbonyl (C=O) groups is 1. The second-order valence-corrected chi connectivity index (χ2v) is 7.14. The Morgan fingerprint density at radius 2 is 2.04 bits per heavy atom. The number of anilines is 2. The van der Waals surface area contributed by atoms with Gasteiger partial charge >= 0.3 is 0 Å². The minimum atomic E-state index is -3.43. The van der Waals surface area contributed by atoms with E-state index in [0.29, 0.717) is 27.8 Å². The maximum atomic E-state index is 12.1. The highest BCUT2D eigenvalue weighted by molar-refractivity contribution is 7.92. The van der Waals surface area contributed by atoms with Gasteiger partial charge in [-0.3, -0.25) is 9.52 Å². The Labute approximate surface area is 145 Å². The van der Waals surface area contributed by atoms with Crippen molar-refractivity contribution in [1.82, 2.24) is 4.98 Å². The second kappa shape index (κ2) is 7.50. The lowest BCUT2D eigenvalue weighted by molar-refractivity contribution is 0.102. The van der Waals surface area contributed by atoms with Gasteiger partial charge in [0.15, 0.2) is 0 Å². The number of sulfonamides is 1. The molecular weight excluding hydrogens is 354 g/mol. The largest absolute Gasteiger partial charge is 0.494 e. The molecule has 2 N–H and O–H groups in total. The summed E-state index contributed by atoms with van der Waals surface area (Å²) in [7, 11) is -2.02. The lowest BCUT2D eigenvalue weighted by atomic mass is 10.2. The fourth-order valence-electron chi connectivity index (χ4n) is 1.81. The van der Waals surface area contributed by atoms with Gasteiger partial charge in [-0.25, -0.2) is 13.4 Å². The normalized spacial score (nSPS) is 11.0. The first-order chi connectivity index (χ1) is 11.3. The van der Waals surface area contributed by atoms with Crippen LogP contribution < -0.4 is 14.8 Å². The minimum absolute atomic E-state index is 0.0573. The van der Waals surface area contributed by atoms with Gasteiger partial charge in [0, 0.05) is 18.0 Å². The lowest BCUT2D eigenvalue weighted by Gasteiger charge is -2.13. The van der Waals surface area contributed by atoms with Gasteiger partial charge in [-0.2, -0.15) is 0 Å². The highest BCUT2D eigenvalue weighted by Gasteiger charge is 2.13. The van der Waals surface area contributed by atoms with Crippen molar-refractivity contribution >= 4 is 38.9 Å². The Balaban J connectivity index is 2.20. The monoisotopic (exact) mass is 369 g/mol. The smallest absolute Gasteiger partial charge is 0.257 e. The van der Waals surface area contributed by atoms with Gasteiger partial charge in [-0.05, 0) is 31.2 Å². The summed E-state index contributed by atoms with van der Waals surface area (Å²) in [6, 6.07) is 7.67. The quantitative estimate of drug-likeness (QED) is 0.763. The van der Waals surface area contributed by atoms with Gasteiger partial charge in [0.05, 0.1) is 24.1 Å². The number of rotatable bonds is 6. The average Bonchev–Trinajstić information content (AvgIpc) is 2.56. The molecule has 0 aliphatic carbocycles. The van der Waals surface area contributed by atoms with Crippen LogP contribution in [0.2, 0.25) is 5.15 Å². The molecule has 0 aliphatic rings. The van der Waals surface area contributed by atoms with Crippen molar-refractivity contribution in [2.75, 3.05) is 22.9 Å². The van der Waals surface area contributed by atoms with Crippen LogP contribution in [0.15, 0.2) is 36.5 Å². The van der Waals surface area contributed by atoms with Crippen LogP contribution in [-0.4, -0.2) is 32.2 Å². The zero-order valence-corrected chi connectivity index (χ0v) is 14.6. The first-order valence-electron chi connectivity index (χ1n) is 6.96. The van der Waals surface area contributed by atoms with Crippen LogP contribution in [0, 0.1) is 0 Å². The van der Waals surface area contributed by atoms with E-state index in [4.69, 9.17) is 16.3 Å². The number of nitrogens with zero attached hydrogens (tertiary/aromatic N) is 1. The molecule has 2 aromatic rings. The highest BCUT2D eigenvalue weighted by atomic mass is 35.5. The Hall–Kier alpha value is -2.32. The van der Waals surface area contributed by atoms with E-state index < -0.39 is 10.0 Å². The van der Waals surface area contributed by atoms with E-state index in [1.165, 1.54) is 38.4 Å². The number of hydrogen-bond acceptors (Lipinski definition) is 5. The molecule has 0 atom stereocenters. The van der Waals surface area contributed by atoms with Crippen molar-refractivity contribution in [3.05, 3.63) is 47.2 Å². The summed E-state index contributed by atoms with van der Waals surface area (Å²) < 4.78 is 30.9. The Bertz CT molecular complexity index is 838. The first-order valence-corrected chi connectivity index (χ1v) is 8.99. The Kier molecular flexibility index (Phi) is 5.63. The fraction of sp³-hybridized carbons (Fsp3) is 0.200. The molecule has 1 aromatic heterocycles. The molecule has 1 amide bonds. The maximum Gasteiger partial charge on any atom is 0.257 e. The van der Waals surface area contributed by atoms with E-state index in [-0.39, 0.29) is 11.7 Å². The maximum absolute atomic E-state index is 12.1. The van der Waals surface area contributed by atoms with Crippen molar-refractivity contribution in [3.63, 3.8) is 0 Å². The minimum Gasteiger partial charge on any atom is -0.494 e. The van der Waals surface area contributed by atoms with Crippen molar-refractivity contribution in [2.24, 2.45) is 0 Å². The van der Waals surface area contributed by atoms with E-state index in [9.17, 15) is 13.2 Å². The summed E-state index contributed by atoms with van der Waals surface area (Å²) in [5.74, 6) is -0.139. The third-order valence-corrected chi connectivity index (χ3v) is 4.61. The number of ether oxygens (including phenoxy) is 1. The summed E-state index contributed by atoms with van der Waals surface area (Å²) in [6.07, 6.45) is 1.36. The Morgan fingerprint density at radius 3 is 2.62 bits per heavy atom. The van der Waals surface area contributed by atoms with E-state index in [0.717, 1.165) is 0 Å². The number of halogens is 1. The van der Waals surface area contributed by atoms with Crippen molar-refractivity contribution in [1.29, 1.82) is 0 Å². The zero-order valence-electron chi connectivity index (χ0n) is 13.0. The SMILES string of the molecule is CCS(=O)(=O)Nc1ccc(NC(=O)c2ccc(Cl)nc2)cc1OC. The highest BCUT2D eigenvalue weighted by Crippen LogP contribution is 2.29. The number of aromatic nitrogens is 1. The van der Waals surface area contributed by atoms with Crippen LogP contribution in [0.25, 0.3) is 0 Å². The van der Waals surface area contributed by atoms with Gasteiger partial charge in [-0.15, -0.1) is 0 Å². The molecule has 0 unspecified atom stereocenters. The molecule has 1 heterocycles. The van der Waals surface area contributed by atoms with Gasteiger partial charge < -0.3 is 10.1 Å². The molecule has 2 rings (SSSR count). The molecule has 0 radical (unpaired) electrons. The number of amides is 1. The molecule has 0 spiro atoms. The van der Waals surface area contributed by atoms with Crippen LogP contribution in [0.5, 0.6) is 5.75 Å². The van der Waals surface area contributed by atoms with E-state index in [2.05, 4.69) is 15.0 Å². The molecule has 0 saturated carbocycles. The van der Waals surface area contributed by atoms with Crippen LogP contribution in [0.1, 0.15) is 17.3 Å². The predicted octanol–water partition coefficient (Wildman–Crippen LogP) is 2.76. The average molecular weight is 370 g/mol. The second-order valence-electron chi connectivity index (χ2n) is 4.74. The Morgan fingerprint density at radius 1 is 1.29 bits per heavy atom. The number of benzene rings is 1. The molecule has 0 aliphatic heterocycles. The lowest BCUT2D eigenvalue weighted by Crippen LogP contribution is -2.16. The van der Waals surface area contributed by atoms with Crippen LogP contribution in [-0.2, 0) is 10.0 Å². The number of carbonyl (C=O) groups excluding carboxylic acids is 1. The van der Waals surface area contributed by atoms with Crippen LogP contribution in [0.4, 0.5) is 11.4 Å². The van der Waals surface area contributed by atoms with Crippen molar-refractivity contribution < 1.29 is 17.9 Å². The van der Waals surface area contributed by atoms with E-state index >= 15 is 0 Å². The third-order valence-electron chi connectivity index (χ3n) is 3.09. The zero-order chi connectivity index (χ0) is 17.7. The fourth-order valence-corrected chi connectivity index (χ4v) is 2.57. The molecule has 1 aromatic carbocycles. The third kappa shape index (κ3) is 4.59. The van der Waals surface area contributed by atoms with Gasteiger partial charge in [0.1, 0.15) is 10.9 Å². The summed E-state index contributed by atoms with van der Waals surface area (Å²) in [4.78, 5) is 16.0. The molecular formula is C15H16ClN3O4S. The molecule has 24 heavy (non-hydrogen) atoms.